The van der Waals surface area contributed by atoms with Gasteiger partial charge in [-0.05, 0) is 12.5 Å². The Morgan fingerprint density at radius 3 is 2.95 bits per heavy atom. The predicted octanol–water partition coefficient (Wildman–Crippen LogP) is 2.92. The normalized spacial score (nSPS) is 10.4. The maximum atomic E-state index is 11.0. The smallest absolute Gasteiger partial charge is 0.339 e. The van der Waals surface area contributed by atoms with Crippen LogP contribution >= 0.6 is 11.8 Å². The highest BCUT2D eigenvalue weighted by Crippen LogP contribution is 2.19. The summed E-state index contributed by atoms with van der Waals surface area (Å²) in [6.45, 7) is 2.06. The molecule has 0 radical (unpaired) electrons. The molecule has 0 atom stereocenters. The third-order valence-electron chi connectivity index (χ3n) is 2.62. The number of benzene rings is 1. The fraction of sp³-hybridized carbons (Fsp3) is 0.214. The molecule has 5 heteroatoms. The Morgan fingerprint density at radius 1 is 1.37 bits per heavy atom. The molecule has 98 valence electrons. The summed E-state index contributed by atoms with van der Waals surface area (Å²) in [6, 6.07) is 8.28. The summed E-state index contributed by atoms with van der Waals surface area (Å²) in [6.07, 6.45) is 2.73. The highest BCUT2D eigenvalue weighted by molar-refractivity contribution is 7.97. The number of thioether (sulfide) groups is 1. The minimum absolute atomic E-state index is 0.180. The van der Waals surface area contributed by atoms with Gasteiger partial charge in [0.2, 0.25) is 0 Å². The van der Waals surface area contributed by atoms with Crippen LogP contribution in [0.15, 0.2) is 36.8 Å². The van der Waals surface area contributed by atoms with E-state index in [0.29, 0.717) is 11.4 Å². The Bertz CT molecular complexity index is 587. The average molecular weight is 274 g/mol. The molecule has 0 unspecified atom stereocenters. The van der Waals surface area contributed by atoms with E-state index in [1.165, 1.54) is 23.7 Å². The number of hydrogen-bond acceptors (Lipinski definition) is 4. The zero-order chi connectivity index (χ0) is 13.7. The number of nitrogens with zero attached hydrogens (tertiary/aromatic N) is 2. The molecule has 19 heavy (non-hydrogen) atoms. The van der Waals surface area contributed by atoms with Gasteiger partial charge in [0.05, 0.1) is 5.69 Å². The number of aryl methyl sites for hydroxylation is 1. The molecule has 0 aliphatic carbocycles. The van der Waals surface area contributed by atoms with E-state index in [4.69, 9.17) is 5.11 Å². The molecule has 2 aromatic rings. The van der Waals surface area contributed by atoms with Crippen LogP contribution in [0, 0.1) is 6.92 Å². The van der Waals surface area contributed by atoms with Crippen LogP contribution in [0.3, 0.4) is 0 Å². The van der Waals surface area contributed by atoms with Gasteiger partial charge in [0.25, 0.3) is 0 Å². The zero-order valence-electron chi connectivity index (χ0n) is 10.5. The first-order valence-corrected chi connectivity index (χ1v) is 6.98. The van der Waals surface area contributed by atoms with Crippen LogP contribution in [0.25, 0.3) is 0 Å². The zero-order valence-corrected chi connectivity index (χ0v) is 11.4. The van der Waals surface area contributed by atoms with E-state index < -0.39 is 5.97 Å². The lowest BCUT2D eigenvalue weighted by Gasteiger charge is -2.05. The first-order valence-electron chi connectivity index (χ1n) is 5.82. The van der Waals surface area contributed by atoms with Crippen molar-refractivity contribution in [3.8, 4) is 0 Å². The maximum Gasteiger partial charge on any atom is 0.339 e. The van der Waals surface area contributed by atoms with Gasteiger partial charge < -0.3 is 5.11 Å². The molecule has 1 heterocycles. The minimum atomic E-state index is -0.980. The van der Waals surface area contributed by atoms with Gasteiger partial charge in [-0.25, -0.2) is 14.8 Å². The van der Waals surface area contributed by atoms with Crippen LogP contribution in [-0.2, 0) is 11.5 Å². The van der Waals surface area contributed by atoms with Crippen molar-refractivity contribution >= 4 is 17.7 Å². The molecule has 0 aliphatic rings. The highest BCUT2D eigenvalue weighted by atomic mass is 32.2. The minimum Gasteiger partial charge on any atom is -0.478 e. The van der Waals surface area contributed by atoms with Gasteiger partial charge >= 0.3 is 5.97 Å². The topological polar surface area (TPSA) is 63.1 Å². The molecule has 0 bridgehead atoms. The lowest BCUT2D eigenvalue weighted by atomic mass is 10.2. The molecule has 0 spiro atoms. The van der Waals surface area contributed by atoms with E-state index in [1.807, 2.05) is 6.07 Å². The quantitative estimate of drug-likeness (QED) is 0.908. The van der Waals surface area contributed by atoms with Gasteiger partial charge in [-0.3, -0.25) is 0 Å². The molecule has 0 fully saturated rings. The molecule has 0 amide bonds. The van der Waals surface area contributed by atoms with E-state index in [2.05, 4.69) is 35.1 Å². The number of carboxylic acid groups (broad SMARTS) is 1. The van der Waals surface area contributed by atoms with Crippen LogP contribution in [0.2, 0.25) is 0 Å². The van der Waals surface area contributed by atoms with E-state index >= 15 is 0 Å². The molecule has 0 saturated carbocycles. The van der Waals surface area contributed by atoms with Crippen LogP contribution in [0.4, 0.5) is 0 Å². The third-order valence-corrected chi connectivity index (χ3v) is 3.63. The summed E-state index contributed by atoms with van der Waals surface area (Å²) in [4.78, 5) is 18.8. The summed E-state index contributed by atoms with van der Waals surface area (Å²) < 4.78 is 0. The Kier molecular flexibility index (Phi) is 4.52. The Balaban J connectivity index is 1.98. The summed E-state index contributed by atoms with van der Waals surface area (Å²) in [5.41, 5.74) is 3.21. The number of aromatic nitrogens is 2. The van der Waals surface area contributed by atoms with E-state index in [0.717, 1.165) is 5.75 Å². The highest BCUT2D eigenvalue weighted by Gasteiger charge is 2.11. The van der Waals surface area contributed by atoms with Crippen molar-refractivity contribution in [2.75, 3.05) is 0 Å². The van der Waals surface area contributed by atoms with Crippen molar-refractivity contribution < 1.29 is 9.90 Å². The molecule has 0 aliphatic heterocycles. The molecular weight excluding hydrogens is 260 g/mol. The van der Waals surface area contributed by atoms with Crippen molar-refractivity contribution in [1.82, 2.24) is 9.97 Å². The van der Waals surface area contributed by atoms with Gasteiger partial charge in [-0.1, -0.05) is 29.8 Å². The largest absolute Gasteiger partial charge is 0.478 e. The molecular formula is C14H14N2O2S. The fourth-order valence-corrected chi connectivity index (χ4v) is 2.66. The number of aromatic carboxylic acids is 1. The number of rotatable bonds is 5. The van der Waals surface area contributed by atoms with Gasteiger partial charge in [-0.2, -0.15) is 11.8 Å². The van der Waals surface area contributed by atoms with Crippen LogP contribution in [0.5, 0.6) is 0 Å². The van der Waals surface area contributed by atoms with Crippen molar-refractivity contribution in [3.63, 3.8) is 0 Å². The lowest BCUT2D eigenvalue weighted by molar-refractivity contribution is 0.0695. The first kappa shape index (κ1) is 13.5. The third kappa shape index (κ3) is 3.79. The van der Waals surface area contributed by atoms with Gasteiger partial charge in [0.15, 0.2) is 0 Å². The van der Waals surface area contributed by atoms with Crippen LogP contribution in [-0.4, -0.2) is 21.0 Å². The van der Waals surface area contributed by atoms with Gasteiger partial charge in [0, 0.05) is 17.7 Å². The molecule has 1 N–H and O–H groups in total. The van der Waals surface area contributed by atoms with Crippen molar-refractivity contribution in [2.24, 2.45) is 0 Å². The van der Waals surface area contributed by atoms with Crippen molar-refractivity contribution in [1.29, 1.82) is 0 Å². The molecule has 1 aromatic carbocycles. The first-order chi connectivity index (χ1) is 9.16. The Morgan fingerprint density at radius 2 is 2.21 bits per heavy atom. The fourth-order valence-electron chi connectivity index (χ4n) is 1.72. The second-order valence-electron chi connectivity index (χ2n) is 4.17. The number of carbonyl (C=O) groups is 1. The van der Waals surface area contributed by atoms with Gasteiger partial charge in [-0.15, -0.1) is 0 Å². The number of carboxylic acids is 1. The van der Waals surface area contributed by atoms with Crippen molar-refractivity contribution in [3.05, 3.63) is 59.2 Å². The molecule has 2 rings (SSSR count). The molecule has 0 saturated heterocycles. The summed E-state index contributed by atoms with van der Waals surface area (Å²) in [5, 5.41) is 9.03. The second kappa shape index (κ2) is 6.33. The Labute approximate surface area is 115 Å². The standard InChI is InChI=1S/C14H14N2O2S/c1-10-3-2-4-11(5-10)7-19-8-13-12(14(17)18)6-15-9-16-13/h2-6,9H,7-8H2,1H3,(H,17,18). The average Bonchev–Trinajstić information content (AvgIpc) is 2.39. The summed E-state index contributed by atoms with van der Waals surface area (Å²) in [5.74, 6) is 0.426. The summed E-state index contributed by atoms with van der Waals surface area (Å²) >= 11 is 1.65. The van der Waals surface area contributed by atoms with E-state index in [9.17, 15) is 4.79 Å². The maximum absolute atomic E-state index is 11.0. The monoisotopic (exact) mass is 274 g/mol. The van der Waals surface area contributed by atoms with E-state index in [1.54, 1.807) is 11.8 Å². The molecule has 4 nitrogen and oxygen atoms in total. The summed E-state index contributed by atoms with van der Waals surface area (Å²) in [7, 11) is 0. The second-order valence-corrected chi connectivity index (χ2v) is 5.16. The van der Waals surface area contributed by atoms with Crippen LogP contribution in [0.1, 0.15) is 27.2 Å². The van der Waals surface area contributed by atoms with Crippen molar-refractivity contribution in [2.45, 2.75) is 18.4 Å². The SMILES string of the molecule is Cc1cccc(CSCc2ncncc2C(=O)O)c1. The lowest BCUT2D eigenvalue weighted by Crippen LogP contribution is -2.04. The Hall–Kier alpha value is -1.88. The van der Waals surface area contributed by atoms with Gasteiger partial charge in [0.1, 0.15) is 11.9 Å². The van der Waals surface area contributed by atoms with Crippen LogP contribution < -0.4 is 0 Å². The number of hydrogen-bond donors (Lipinski definition) is 1. The predicted molar refractivity (Wildman–Crippen MR) is 75.2 cm³/mol. The molecule has 1 aromatic heterocycles. The van der Waals surface area contributed by atoms with E-state index in [-0.39, 0.29) is 5.56 Å².